The standard InChI is InChI=1S/C15H17N3O4/c1-8-3-2-4-12-16-9(5-18(8)12)15(20)17-10-6-21-14-11(19)7-22-13(10)14/h2-5,10-11,13-14,19H,6-7H2,1H3,(H,17,20)/t10-,11-,13-,14-/m1/s1. The number of amides is 1. The van der Waals surface area contributed by atoms with E-state index in [2.05, 4.69) is 10.3 Å². The molecule has 7 nitrogen and oxygen atoms in total. The van der Waals surface area contributed by atoms with Crippen LogP contribution in [0.2, 0.25) is 0 Å². The number of aliphatic hydroxyl groups excluding tert-OH is 1. The number of carbonyl (C=O) groups is 1. The van der Waals surface area contributed by atoms with Crippen LogP contribution in [-0.4, -0.2) is 58.0 Å². The van der Waals surface area contributed by atoms with Crippen molar-refractivity contribution in [1.82, 2.24) is 14.7 Å². The molecule has 2 aliphatic heterocycles. The van der Waals surface area contributed by atoms with Gasteiger partial charge in [-0.05, 0) is 19.1 Å². The molecule has 116 valence electrons. The van der Waals surface area contributed by atoms with Gasteiger partial charge in [-0.3, -0.25) is 4.79 Å². The van der Waals surface area contributed by atoms with Crippen molar-refractivity contribution in [3.8, 4) is 0 Å². The molecule has 2 aromatic rings. The van der Waals surface area contributed by atoms with Gasteiger partial charge in [-0.15, -0.1) is 0 Å². The first-order valence-corrected chi connectivity index (χ1v) is 7.30. The normalized spacial score (nSPS) is 30.6. The van der Waals surface area contributed by atoms with Crippen LogP contribution in [0.5, 0.6) is 0 Å². The zero-order valence-electron chi connectivity index (χ0n) is 12.1. The van der Waals surface area contributed by atoms with E-state index < -0.39 is 6.10 Å². The molecular weight excluding hydrogens is 286 g/mol. The zero-order chi connectivity index (χ0) is 15.3. The van der Waals surface area contributed by atoms with Crippen molar-refractivity contribution >= 4 is 11.6 Å². The number of carbonyl (C=O) groups excluding carboxylic acids is 1. The van der Waals surface area contributed by atoms with Crippen molar-refractivity contribution in [2.24, 2.45) is 0 Å². The molecule has 2 saturated heterocycles. The maximum atomic E-state index is 12.4. The molecule has 22 heavy (non-hydrogen) atoms. The predicted octanol–water partition coefficient (Wildman–Crippen LogP) is -0.100. The molecule has 4 heterocycles. The zero-order valence-corrected chi connectivity index (χ0v) is 12.1. The van der Waals surface area contributed by atoms with Crippen molar-refractivity contribution in [1.29, 1.82) is 0 Å². The molecular formula is C15H17N3O4. The molecule has 2 aliphatic rings. The van der Waals surface area contributed by atoms with Crippen molar-refractivity contribution in [3.05, 3.63) is 35.8 Å². The second kappa shape index (κ2) is 5.05. The lowest BCUT2D eigenvalue weighted by Gasteiger charge is -2.16. The second-order valence-electron chi connectivity index (χ2n) is 5.76. The highest BCUT2D eigenvalue weighted by Crippen LogP contribution is 2.27. The van der Waals surface area contributed by atoms with Gasteiger partial charge in [0.15, 0.2) is 0 Å². The summed E-state index contributed by atoms with van der Waals surface area (Å²) in [6, 6.07) is 5.46. The SMILES string of the molecule is Cc1cccc2nc(C(=O)N[C@@H]3CO[C@H]4[C@@H]3OC[C@H]4O)cn12. The quantitative estimate of drug-likeness (QED) is 0.809. The van der Waals surface area contributed by atoms with Gasteiger partial charge in [0, 0.05) is 11.9 Å². The van der Waals surface area contributed by atoms with Crippen molar-refractivity contribution in [2.75, 3.05) is 13.2 Å². The lowest BCUT2D eigenvalue weighted by Crippen LogP contribution is -2.44. The van der Waals surface area contributed by atoms with Crippen LogP contribution in [-0.2, 0) is 9.47 Å². The Labute approximate surface area is 126 Å². The van der Waals surface area contributed by atoms with Crippen LogP contribution < -0.4 is 5.32 Å². The number of nitrogens with zero attached hydrogens (tertiary/aromatic N) is 2. The number of hydrogen-bond donors (Lipinski definition) is 2. The van der Waals surface area contributed by atoms with E-state index in [0.717, 1.165) is 11.3 Å². The number of pyridine rings is 1. The van der Waals surface area contributed by atoms with Gasteiger partial charge in [0.05, 0.1) is 19.3 Å². The van der Waals surface area contributed by atoms with Crippen LogP contribution in [0.1, 0.15) is 16.2 Å². The third-order valence-corrected chi connectivity index (χ3v) is 4.27. The third kappa shape index (κ3) is 2.09. The van der Waals surface area contributed by atoms with Gasteiger partial charge in [-0.25, -0.2) is 4.98 Å². The van der Waals surface area contributed by atoms with Crippen LogP contribution in [0.4, 0.5) is 0 Å². The minimum absolute atomic E-state index is 0.245. The highest BCUT2D eigenvalue weighted by molar-refractivity contribution is 5.93. The van der Waals surface area contributed by atoms with E-state index in [0.29, 0.717) is 12.3 Å². The Morgan fingerprint density at radius 3 is 3.00 bits per heavy atom. The summed E-state index contributed by atoms with van der Waals surface area (Å²) >= 11 is 0. The lowest BCUT2D eigenvalue weighted by atomic mass is 10.1. The molecule has 4 atom stereocenters. The molecule has 4 rings (SSSR count). The van der Waals surface area contributed by atoms with E-state index in [1.165, 1.54) is 0 Å². The summed E-state index contributed by atoms with van der Waals surface area (Å²) < 4.78 is 12.9. The first-order valence-electron chi connectivity index (χ1n) is 7.30. The monoisotopic (exact) mass is 303 g/mol. The van der Waals surface area contributed by atoms with Gasteiger partial charge < -0.3 is 24.3 Å². The Morgan fingerprint density at radius 2 is 2.18 bits per heavy atom. The summed E-state index contributed by atoms with van der Waals surface area (Å²) in [6.45, 7) is 2.54. The Bertz CT molecular complexity index is 729. The van der Waals surface area contributed by atoms with Gasteiger partial charge >= 0.3 is 0 Å². The number of aromatic nitrogens is 2. The summed E-state index contributed by atoms with van der Waals surface area (Å²) in [5, 5.41) is 12.6. The first kappa shape index (κ1) is 13.7. The van der Waals surface area contributed by atoms with Crippen molar-refractivity contribution < 1.29 is 19.4 Å². The summed E-state index contributed by atoms with van der Waals surface area (Å²) in [7, 11) is 0. The summed E-state index contributed by atoms with van der Waals surface area (Å²) in [4.78, 5) is 16.7. The lowest BCUT2D eigenvalue weighted by molar-refractivity contribution is 0.0178. The van der Waals surface area contributed by atoms with Crippen LogP contribution in [0.15, 0.2) is 24.4 Å². The van der Waals surface area contributed by atoms with Gasteiger partial charge in [-0.1, -0.05) is 6.07 Å². The van der Waals surface area contributed by atoms with Gasteiger partial charge in [0.25, 0.3) is 5.91 Å². The highest BCUT2D eigenvalue weighted by Gasteiger charge is 2.47. The Kier molecular flexibility index (Phi) is 3.14. The van der Waals surface area contributed by atoms with Gasteiger partial charge in [0.1, 0.15) is 29.7 Å². The summed E-state index contributed by atoms with van der Waals surface area (Å²) in [5.74, 6) is -0.262. The number of nitrogens with one attached hydrogen (secondary N) is 1. The van der Waals surface area contributed by atoms with E-state index in [9.17, 15) is 9.90 Å². The first-order chi connectivity index (χ1) is 10.6. The second-order valence-corrected chi connectivity index (χ2v) is 5.76. The molecule has 1 amide bonds. The number of hydrogen-bond acceptors (Lipinski definition) is 5. The largest absolute Gasteiger partial charge is 0.388 e. The van der Waals surface area contributed by atoms with Crippen LogP contribution in [0, 0.1) is 6.92 Å². The minimum atomic E-state index is -0.621. The van der Waals surface area contributed by atoms with Crippen molar-refractivity contribution in [2.45, 2.75) is 31.3 Å². The molecule has 0 aromatic carbocycles. The fraction of sp³-hybridized carbons (Fsp3) is 0.467. The van der Waals surface area contributed by atoms with E-state index >= 15 is 0 Å². The predicted molar refractivity (Wildman–Crippen MR) is 76.7 cm³/mol. The van der Waals surface area contributed by atoms with Gasteiger partial charge in [0.2, 0.25) is 0 Å². The molecule has 2 fully saturated rings. The van der Waals surface area contributed by atoms with Crippen LogP contribution in [0.3, 0.4) is 0 Å². The fourth-order valence-corrected chi connectivity index (χ4v) is 3.10. The number of fused-ring (bicyclic) bond motifs is 2. The molecule has 0 unspecified atom stereocenters. The Morgan fingerprint density at radius 1 is 1.36 bits per heavy atom. The molecule has 0 aliphatic carbocycles. The summed E-state index contributed by atoms with van der Waals surface area (Å²) in [6.07, 6.45) is 0.452. The molecule has 7 heteroatoms. The van der Waals surface area contributed by atoms with E-state index in [1.807, 2.05) is 29.5 Å². The fourth-order valence-electron chi connectivity index (χ4n) is 3.10. The third-order valence-electron chi connectivity index (χ3n) is 4.27. The average Bonchev–Trinajstić information content (AvgIpc) is 3.17. The highest BCUT2D eigenvalue weighted by atomic mass is 16.6. The number of aliphatic hydroxyl groups is 1. The minimum Gasteiger partial charge on any atom is -0.388 e. The van der Waals surface area contributed by atoms with Crippen LogP contribution >= 0.6 is 0 Å². The van der Waals surface area contributed by atoms with Crippen molar-refractivity contribution in [3.63, 3.8) is 0 Å². The van der Waals surface area contributed by atoms with Crippen LogP contribution in [0.25, 0.3) is 5.65 Å². The number of imidazole rings is 1. The molecule has 0 radical (unpaired) electrons. The Balaban J connectivity index is 1.53. The number of aryl methyl sites for hydroxylation is 1. The molecule has 2 N–H and O–H groups in total. The average molecular weight is 303 g/mol. The number of rotatable bonds is 2. The van der Waals surface area contributed by atoms with E-state index in [-0.39, 0.29) is 30.8 Å². The Hall–Kier alpha value is -1.96. The smallest absolute Gasteiger partial charge is 0.271 e. The van der Waals surface area contributed by atoms with E-state index in [4.69, 9.17) is 9.47 Å². The van der Waals surface area contributed by atoms with Gasteiger partial charge in [-0.2, -0.15) is 0 Å². The topological polar surface area (TPSA) is 85.1 Å². The maximum absolute atomic E-state index is 12.4. The summed E-state index contributed by atoms with van der Waals surface area (Å²) in [5.41, 5.74) is 2.10. The maximum Gasteiger partial charge on any atom is 0.271 e. The molecule has 0 saturated carbocycles. The number of ether oxygens (including phenoxy) is 2. The molecule has 2 aromatic heterocycles. The molecule has 0 spiro atoms. The molecule has 0 bridgehead atoms. The van der Waals surface area contributed by atoms with E-state index in [1.54, 1.807) is 6.20 Å².